The Kier molecular flexibility index (Phi) is 9.11. The highest BCUT2D eigenvalue weighted by Gasteiger charge is 2.22. The molecule has 1 atom stereocenters. The average molecular weight is 487 g/mol. The molecule has 0 saturated heterocycles. The summed E-state index contributed by atoms with van der Waals surface area (Å²) < 4.78 is 5.44. The number of hydrogen-bond donors (Lipinski definition) is 2. The van der Waals surface area contributed by atoms with E-state index in [2.05, 4.69) is 5.32 Å². The monoisotopic (exact) mass is 486 g/mol. The molecule has 0 aliphatic rings. The van der Waals surface area contributed by atoms with Crippen molar-refractivity contribution in [2.45, 2.75) is 45.6 Å². The van der Waals surface area contributed by atoms with Crippen LogP contribution in [0.3, 0.4) is 0 Å². The molecule has 36 heavy (non-hydrogen) atoms. The molecule has 0 bridgehead atoms. The Morgan fingerprint density at radius 3 is 1.89 bits per heavy atom. The lowest BCUT2D eigenvalue weighted by Gasteiger charge is -2.18. The van der Waals surface area contributed by atoms with E-state index in [-0.39, 0.29) is 31.0 Å². The van der Waals surface area contributed by atoms with E-state index in [1.54, 1.807) is 48.5 Å². The van der Waals surface area contributed by atoms with Crippen molar-refractivity contribution in [3.05, 3.63) is 101 Å². The molecule has 7 nitrogen and oxygen atoms in total. The topological polar surface area (TPSA) is 116 Å². The minimum Gasteiger partial charge on any atom is -0.423 e. The maximum absolute atomic E-state index is 12.9. The number of carbonyl (C=O) groups is 4. The van der Waals surface area contributed by atoms with Gasteiger partial charge in [0.15, 0.2) is 5.78 Å². The third-order valence-corrected chi connectivity index (χ3v) is 5.72. The van der Waals surface area contributed by atoms with E-state index in [9.17, 15) is 19.2 Å². The molecular formula is C29H30N2O5. The van der Waals surface area contributed by atoms with Crippen molar-refractivity contribution in [1.82, 2.24) is 5.32 Å². The predicted molar refractivity (Wildman–Crippen MR) is 137 cm³/mol. The summed E-state index contributed by atoms with van der Waals surface area (Å²) in [4.78, 5) is 49.1. The molecule has 0 fully saturated rings. The number of benzene rings is 3. The number of carbonyl (C=O) groups excluding carboxylic acids is 4. The van der Waals surface area contributed by atoms with Crippen LogP contribution in [0.2, 0.25) is 0 Å². The lowest BCUT2D eigenvalue weighted by atomic mass is 9.98. The third-order valence-electron chi connectivity index (χ3n) is 5.72. The molecule has 3 rings (SSSR count). The number of aryl methyl sites for hydroxylation is 2. The molecular weight excluding hydrogens is 456 g/mol. The van der Waals surface area contributed by atoms with Crippen molar-refractivity contribution >= 4 is 23.6 Å². The second kappa shape index (κ2) is 12.4. The standard InChI is InChI=1S/C29H30N2O5/c1-19-6-12-22(13-7-19)28(34)31-25(26(32)4-3-5-27(30)33)18-21-10-16-24(17-11-21)36-29(35)23-14-8-20(2)9-15-23/h6-17,25H,3-5,18H2,1-2H3,(H2,30,33)(H,31,34). The predicted octanol–water partition coefficient (Wildman–Crippen LogP) is 4.09. The number of Topliss-reactive ketones (excluding diaryl/α,β-unsaturated/α-hetero) is 1. The highest BCUT2D eigenvalue weighted by molar-refractivity contribution is 5.98. The maximum atomic E-state index is 12.9. The Balaban J connectivity index is 1.68. The Morgan fingerprint density at radius 2 is 1.33 bits per heavy atom. The first kappa shape index (κ1) is 26.3. The van der Waals surface area contributed by atoms with Crippen molar-refractivity contribution in [3.8, 4) is 5.75 Å². The second-order valence-corrected chi connectivity index (χ2v) is 8.78. The molecule has 0 aliphatic heterocycles. The summed E-state index contributed by atoms with van der Waals surface area (Å²) in [5.41, 5.74) is 8.93. The van der Waals surface area contributed by atoms with Gasteiger partial charge in [0.25, 0.3) is 5.91 Å². The van der Waals surface area contributed by atoms with Crippen LogP contribution in [0.25, 0.3) is 0 Å². The van der Waals surface area contributed by atoms with Crippen molar-refractivity contribution < 1.29 is 23.9 Å². The summed E-state index contributed by atoms with van der Waals surface area (Å²) in [5, 5.41) is 2.82. The molecule has 0 aliphatic carbocycles. The minimum atomic E-state index is -0.785. The van der Waals surface area contributed by atoms with E-state index < -0.39 is 17.9 Å². The SMILES string of the molecule is Cc1ccc(C(=O)NC(Cc2ccc(OC(=O)c3ccc(C)cc3)cc2)C(=O)CCCC(N)=O)cc1. The van der Waals surface area contributed by atoms with E-state index in [1.807, 2.05) is 38.1 Å². The molecule has 7 heteroatoms. The molecule has 3 N–H and O–H groups in total. The quantitative estimate of drug-likeness (QED) is 0.313. The molecule has 0 heterocycles. The van der Waals surface area contributed by atoms with Crippen LogP contribution in [0.15, 0.2) is 72.8 Å². The Morgan fingerprint density at radius 1 is 0.778 bits per heavy atom. The fourth-order valence-corrected chi connectivity index (χ4v) is 3.59. The first-order chi connectivity index (χ1) is 17.2. The molecule has 3 aromatic rings. The van der Waals surface area contributed by atoms with E-state index >= 15 is 0 Å². The number of primary amides is 1. The van der Waals surface area contributed by atoms with Crippen molar-refractivity contribution in [2.24, 2.45) is 5.73 Å². The average Bonchev–Trinajstić information content (AvgIpc) is 2.85. The van der Waals surface area contributed by atoms with Crippen LogP contribution in [-0.2, 0) is 16.0 Å². The highest BCUT2D eigenvalue weighted by Crippen LogP contribution is 2.17. The maximum Gasteiger partial charge on any atom is 0.343 e. The molecule has 1 unspecified atom stereocenters. The van der Waals surface area contributed by atoms with Gasteiger partial charge >= 0.3 is 5.97 Å². The number of ether oxygens (including phenoxy) is 1. The molecule has 0 aromatic heterocycles. The number of ketones is 1. The smallest absolute Gasteiger partial charge is 0.343 e. The fourth-order valence-electron chi connectivity index (χ4n) is 3.59. The number of esters is 1. The normalized spacial score (nSPS) is 11.4. The second-order valence-electron chi connectivity index (χ2n) is 8.78. The van der Waals surface area contributed by atoms with Gasteiger partial charge in [0, 0.05) is 18.4 Å². The van der Waals surface area contributed by atoms with Crippen molar-refractivity contribution in [3.63, 3.8) is 0 Å². The van der Waals surface area contributed by atoms with Crippen LogP contribution in [0, 0.1) is 13.8 Å². The van der Waals surface area contributed by atoms with Gasteiger partial charge in [0.2, 0.25) is 5.91 Å². The van der Waals surface area contributed by atoms with Crippen molar-refractivity contribution in [2.75, 3.05) is 0 Å². The van der Waals surface area contributed by atoms with Crippen LogP contribution in [0.1, 0.15) is 56.7 Å². The zero-order valence-corrected chi connectivity index (χ0v) is 20.5. The summed E-state index contributed by atoms with van der Waals surface area (Å²) in [5.74, 6) is -1.11. The van der Waals surface area contributed by atoms with Crippen LogP contribution in [0.4, 0.5) is 0 Å². The lowest BCUT2D eigenvalue weighted by molar-refractivity contribution is -0.121. The molecule has 2 amide bonds. The van der Waals surface area contributed by atoms with Gasteiger partial charge < -0.3 is 15.8 Å². The highest BCUT2D eigenvalue weighted by atomic mass is 16.5. The summed E-state index contributed by atoms with van der Waals surface area (Å²) in [6, 6.07) is 20.2. The van der Waals surface area contributed by atoms with Crippen LogP contribution in [0.5, 0.6) is 5.75 Å². The number of hydrogen-bond acceptors (Lipinski definition) is 5. The van der Waals surface area contributed by atoms with Gasteiger partial charge in [-0.15, -0.1) is 0 Å². The number of nitrogens with one attached hydrogen (secondary N) is 1. The van der Waals surface area contributed by atoms with Crippen molar-refractivity contribution in [1.29, 1.82) is 0 Å². The summed E-state index contributed by atoms with van der Waals surface area (Å²) in [7, 11) is 0. The van der Waals surface area contributed by atoms with Gasteiger partial charge in [-0.25, -0.2) is 4.79 Å². The zero-order valence-electron chi connectivity index (χ0n) is 20.5. The number of nitrogens with two attached hydrogens (primary N) is 1. The van der Waals surface area contributed by atoms with Crippen LogP contribution < -0.4 is 15.8 Å². The lowest BCUT2D eigenvalue weighted by Crippen LogP contribution is -2.42. The van der Waals surface area contributed by atoms with Gasteiger partial charge in [-0.1, -0.05) is 47.5 Å². The Labute approximate surface area is 210 Å². The van der Waals surface area contributed by atoms with Crippen LogP contribution >= 0.6 is 0 Å². The van der Waals surface area contributed by atoms with E-state index in [1.165, 1.54) is 0 Å². The molecule has 186 valence electrons. The van der Waals surface area contributed by atoms with E-state index in [0.717, 1.165) is 16.7 Å². The first-order valence-electron chi connectivity index (χ1n) is 11.8. The van der Waals surface area contributed by atoms with Gasteiger partial charge in [0.1, 0.15) is 5.75 Å². The van der Waals surface area contributed by atoms with E-state index in [0.29, 0.717) is 23.3 Å². The Bertz CT molecular complexity index is 1220. The number of amides is 2. The van der Waals surface area contributed by atoms with Gasteiger partial charge in [-0.2, -0.15) is 0 Å². The largest absolute Gasteiger partial charge is 0.423 e. The van der Waals surface area contributed by atoms with E-state index in [4.69, 9.17) is 10.5 Å². The third kappa shape index (κ3) is 7.91. The Hall–Kier alpha value is -4.26. The zero-order chi connectivity index (χ0) is 26.1. The molecule has 0 radical (unpaired) electrons. The van der Waals surface area contributed by atoms with Crippen LogP contribution in [-0.4, -0.2) is 29.6 Å². The fraction of sp³-hybridized carbons (Fsp3) is 0.241. The summed E-state index contributed by atoms with van der Waals surface area (Å²) in [6.45, 7) is 3.86. The summed E-state index contributed by atoms with van der Waals surface area (Å²) >= 11 is 0. The first-order valence-corrected chi connectivity index (χ1v) is 11.8. The van der Waals surface area contributed by atoms with Gasteiger partial charge in [-0.3, -0.25) is 14.4 Å². The molecule has 0 spiro atoms. The van der Waals surface area contributed by atoms with Gasteiger partial charge in [-0.05, 0) is 68.7 Å². The number of rotatable bonds is 11. The molecule has 0 saturated carbocycles. The molecule has 3 aromatic carbocycles. The van der Waals surface area contributed by atoms with Gasteiger partial charge in [0.05, 0.1) is 11.6 Å². The minimum absolute atomic E-state index is 0.103. The summed E-state index contributed by atoms with van der Waals surface area (Å²) in [6.07, 6.45) is 0.789.